The summed E-state index contributed by atoms with van der Waals surface area (Å²) in [6, 6.07) is 6.29. The Morgan fingerprint density at radius 1 is 1.33 bits per heavy atom. The molecule has 1 unspecified atom stereocenters. The molecule has 1 aromatic carbocycles. The van der Waals surface area contributed by atoms with Crippen LogP contribution >= 0.6 is 0 Å². The van der Waals surface area contributed by atoms with Gasteiger partial charge in [0.15, 0.2) is 9.84 Å². The van der Waals surface area contributed by atoms with Crippen LogP contribution in [0, 0.1) is 0 Å². The van der Waals surface area contributed by atoms with Gasteiger partial charge in [-0.3, -0.25) is 0 Å². The number of sulfone groups is 1. The van der Waals surface area contributed by atoms with Crippen LogP contribution in [0.15, 0.2) is 29.2 Å². The van der Waals surface area contributed by atoms with Gasteiger partial charge in [0.1, 0.15) is 6.04 Å². The molecule has 0 aliphatic carbocycles. The normalized spacial score (nSPS) is 13.8. The standard InChI is InChI=1S/C10H15NO3S/c1-2-15(13,14)9-5-3-8(4-6-9)10(11)7-12/h3-6,10,12H,2,7,11H2,1H3/p+1. The second-order valence-corrected chi connectivity index (χ2v) is 5.63. The van der Waals surface area contributed by atoms with Crippen molar-refractivity contribution in [3.05, 3.63) is 29.8 Å². The first-order valence-corrected chi connectivity index (χ1v) is 6.43. The summed E-state index contributed by atoms with van der Waals surface area (Å²) >= 11 is 0. The lowest BCUT2D eigenvalue weighted by atomic mass is 10.1. The highest BCUT2D eigenvalue weighted by molar-refractivity contribution is 7.91. The molecule has 84 valence electrons. The van der Waals surface area contributed by atoms with Crippen LogP contribution in [-0.2, 0) is 9.84 Å². The summed E-state index contributed by atoms with van der Waals surface area (Å²) in [5.41, 5.74) is 4.58. The van der Waals surface area contributed by atoms with Crippen LogP contribution in [0.2, 0.25) is 0 Å². The van der Waals surface area contributed by atoms with Gasteiger partial charge in [-0.1, -0.05) is 19.1 Å². The van der Waals surface area contributed by atoms with Gasteiger partial charge in [0.2, 0.25) is 0 Å². The Labute approximate surface area is 89.7 Å². The largest absolute Gasteiger partial charge is 0.390 e. The van der Waals surface area contributed by atoms with Gasteiger partial charge in [-0.25, -0.2) is 8.42 Å². The zero-order chi connectivity index (χ0) is 11.5. The van der Waals surface area contributed by atoms with E-state index in [1.54, 1.807) is 31.2 Å². The van der Waals surface area contributed by atoms with Crippen LogP contribution in [0.25, 0.3) is 0 Å². The van der Waals surface area contributed by atoms with Crippen LogP contribution in [-0.4, -0.2) is 25.9 Å². The number of aliphatic hydroxyl groups excluding tert-OH is 1. The lowest BCUT2D eigenvalue weighted by molar-refractivity contribution is -0.432. The predicted molar refractivity (Wildman–Crippen MR) is 56.9 cm³/mol. The smallest absolute Gasteiger partial charge is 0.178 e. The molecule has 0 heterocycles. The molecular weight excluding hydrogens is 214 g/mol. The highest BCUT2D eigenvalue weighted by Gasteiger charge is 2.13. The Balaban J connectivity index is 3.00. The summed E-state index contributed by atoms with van der Waals surface area (Å²) in [5, 5.41) is 8.88. The third kappa shape index (κ3) is 2.77. The molecule has 1 rings (SSSR count). The third-order valence-electron chi connectivity index (χ3n) is 2.31. The molecule has 1 atom stereocenters. The minimum absolute atomic E-state index is 0.0418. The van der Waals surface area contributed by atoms with E-state index in [1.165, 1.54) is 0 Å². The van der Waals surface area contributed by atoms with E-state index >= 15 is 0 Å². The van der Waals surface area contributed by atoms with E-state index in [-0.39, 0.29) is 18.4 Å². The van der Waals surface area contributed by atoms with E-state index < -0.39 is 9.84 Å². The first kappa shape index (κ1) is 12.2. The summed E-state index contributed by atoms with van der Waals surface area (Å²) in [6.45, 7) is 1.57. The molecule has 0 aromatic heterocycles. The molecule has 0 radical (unpaired) electrons. The second-order valence-electron chi connectivity index (χ2n) is 3.35. The molecule has 0 saturated heterocycles. The van der Waals surface area contributed by atoms with Crippen molar-refractivity contribution in [1.82, 2.24) is 0 Å². The fourth-order valence-corrected chi connectivity index (χ4v) is 2.10. The van der Waals surface area contributed by atoms with E-state index in [9.17, 15) is 8.42 Å². The van der Waals surface area contributed by atoms with Crippen LogP contribution in [0.1, 0.15) is 18.5 Å². The first-order chi connectivity index (χ1) is 7.01. The van der Waals surface area contributed by atoms with Gasteiger partial charge in [0.05, 0.1) is 17.3 Å². The molecule has 0 bridgehead atoms. The molecule has 0 saturated carbocycles. The monoisotopic (exact) mass is 230 g/mol. The minimum Gasteiger partial charge on any atom is -0.390 e. The van der Waals surface area contributed by atoms with E-state index in [4.69, 9.17) is 5.11 Å². The predicted octanol–water partition coefficient (Wildman–Crippen LogP) is -0.244. The van der Waals surface area contributed by atoms with Gasteiger partial charge in [-0.05, 0) is 12.1 Å². The van der Waals surface area contributed by atoms with Gasteiger partial charge in [-0.2, -0.15) is 0 Å². The Hall–Kier alpha value is -0.910. The molecule has 0 amide bonds. The van der Waals surface area contributed by atoms with Gasteiger partial charge < -0.3 is 10.8 Å². The summed E-state index contributed by atoms with van der Waals surface area (Å²) in [4.78, 5) is 0.318. The maximum absolute atomic E-state index is 11.5. The van der Waals surface area contributed by atoms with Crippen LogP contribution in [0.3, 0.4) is 0 Å². The van der Waals surface area contributed by atoms with E-state index in [0.717, 1.165) is 5.56 Å². The number of quaternary nitrogens is 1. The van der Waals surface area contributed by atoms with Crippen molar-refractivity contribution in [3.8, 4) is 0 Å². The van der Waals surface area contributed by atoms with Crippen LogP contribution in [0.4, 0.5) is 0 Å². The SMILES string of the molecule is CCS(=O)(=O)c1ccc(C([NH3+])CO)cc1. The molecule has 15 heavy (non-hydrogen) atoms. The number of benzene rings is 1. The van der Waals surface area contributed by atoms with Gasteiger partial charge in [0, 0.05) is 5.56 Å². The fraction of sp³-hybridized carbons (Fsp3) is 0.400. The van der Waals surface area contributed by atoms with Crippen molar-refractivity contribution < 1.29 is 19.3 Å². The van der Waals surface area contributed by atoms with E-state index in [2.05, 4.69) is 5.73 Å². The molecular formula is C10H16NO3S+. The Kier molecular flexibility index (Phi) is 3.84. The number of hydrogen-bond donors (Lipinski definition) is 2. The Bertz CT molecular complexity index is 411. The zero-order valence-corrected chi connectivity index (χ0v) is 9.50. The van der Waals surface area contributed by atoms with Gasteiger partial charge in [-0.15, -0.1) is 0 Å². The minimum atomic E-state index is -3.13. The number of hydrogen-bond acceptors (Lipinski definition) is 3. The Morgan fingerprint density at radius 3 is 2.27 bits per heavy atom. The van der Waals surface area contributed by atoms with Gasteiger partial charge in [0.25, 0.3) is 0 Å². The highest BCUT2D eigenvalue weighted by Crippen LogP contribution is 2.14. The molecule has 4 N–H and O–H groups in total. The van der Waals surface area contributed by atoms with Crippen LogP contribution in [0.5, 0.6) is 0 Å². The second kappa shape index (κ2) is 4.74. The maximum Gasteiger partial charge on any atom is 0.178 e. The lowest BCUT2D eigenvalue weighted by Gasteiger charge is -2.06. The summed E-state index contributed by atoms with van der Waals surface area (Å²) < 4.78 is 23.0. The molecule has 0 aliphatic heterocycles. The van der Waals surface area contributed by atoms with Crippen molar-refractivity contribution in [2.45, 2.75) is 17.9 Å². The summed E-state index contributed by atoms with van der Waals surface area (Å²) in [5.74, 6) is 0.0974. The van der Waals surface area contributed by atoms with Crippen molar-refractivity contribution in [2.24, 2.45) is 0 Å². The summed E-state index contributed by atoms with van der Waals surface area (Å²) in [7, 11) is -3.13. The molecule has 5 heteroatoms. The third-order valence-corrected chi connectivity index (χ3v) is 4.06. The van der Waals surface area contributed by atoms with Crippen molar-refractivity contribution in [3.63, 3.8) is 0 Å². The van der Waals surface area contributed by atoms with E-state index in [0.29, 0.717) is 4.90 Å². The topological polar surface area (TPSA) is 82.0 Å². The lowest BCUT2D eigenvalue weighted by Crippen LogP contribution is -2.55. The average Bonchev–Trinajstić information content (AvgIpc) is 2.28. The highest BCUT2D eigenvalue weighted by atomic mass is 32.2. The van der Waals surface area contributed by atoms with Crippen molar-refractivity contribution in [1.29, 1.82) is 0 Å². The average molecular weight is 230 g/mol. The fourth-order valence-electron chi connectivity index (χ4n) is 1.22. The van der Waals surface area contributed by atoms with Gasteiger partial charge >= 0.3 is 0 Å². The first-order valence-electron chi connectivity index (χ1n) is 4.78. The van der Waals surface area contributed by atoms with Crippen LogP contribution < -0.4 is 5.73 Å². The Morgan fingerprint density at radius 2 is 1.87 bits per heavy atom. The number of aliphatic hydroxyl groups is 1. The zero-order valence-electron chi connectivity index (χ0n) is 8.68. The quantitative estimate of drug-likeness (QED) is 0.748. The number of rotatable bonds is 4. The summed E-state index contributed by atoms with van der Waals surface area (Å²) in [6.07, 6.45) is 0. The van der Waals surface area contributed by atoms with E-state index in [1.807, 2.05) is 0 Å². The molecule has 0 spiro atoms. The molecule has 0 aliphatic rings. The molecule has 4 nitrogen and oxygen atoms in total. The van der Waals surface area contributed by atoms with Crippen molar-refractivity contribution in [2.75, 3.05) is 12.4 Å². The molecule has 1 aromatic rings. The maximum atomic E-state index is 11.5. The molecule has 0 fully saturated rings. The van der Waals surface area contributed by atoms with Crippen molar-refractivity contribution >= 4 is 9.84 Å².